The Balaban J connectivity index is 1.32. The molecule has 1 saturated heterocycles. The van der Waals surface area contributed by atoms with Gasteiger partial charge in [-0.2, -0.15) is 0 Å². The minimum absolute atomic E-state index is 0.0591. The highest BCUT2D eigenvalue weighted by molar-refractivity contribution is 7.12. The lowest BCUT2D eigenvalue weighted by Crippen LogP contribution is -2.49. The molecule has 2 heterocycles. The third kappa shape index (κ3) is 6.72. The van der Waals surface area contributed by atoms with Crippen LogP contribution < -0.4 is 20.3 Å². The van der Waals surface area contributed by atoms with Crippen LogP contribution in [0.25, 0.3) is 0 Å². The molecule has 3 amide bonds. The van der Waals surface area contributed by atoms with Gasteiger partial charge in [-0.25, -0.2) is 4.39 Å². The number of carbonyl (C=O) groups is 3. The molecule has 4 aromatic rings. The highest BCUT2D eigenvalue weighted by atomic mass is 32.1. The first-order chi connectivity index (χ1) is 19.9. The average Bonchev–Trinajstić information content (AvgIpc) is 3.56. The molecule has 0 unspecified atom stereocenters. The molecule has 5 rings (SSSR count). The first kappa shape index (κ1) is 27.9. The lowest BCUT2D eigenvalue weighted by Gasteiger charge is -2.37. The fourth-order valence-corrected chi connectivity index (χ4v) is 5.24. The molecule has 1 aliphatic rings. The van der Waals surface area contributed by atoms with Crippen molar-refractivity contribution in [1.82, 2.24) is 10.2 Å². The standard InChI is InChI=1S/C31H29FN4O4S/c1-40-25-11-6-22(7-12-25)31(39)36-16-14-35(15-17-36)27-13-10-24(34-30(38)28-3-2-18-41-28)19-26(27)29(37)33-20-21-4-8-23(32)9-5-21/h2-13,18-19H,14-17,20H2,1H3,(H,33,37)(H,34,38). The minimum atomic E-state index is -0.346. The number of nitrogens with zero attached hydrogens (tertiary/aromatic N) is 2. The van der Waals surface area contributed by atoms with Crippen LogP contribution in [-0.2, 0) is 6.54 Å². The summed E-state index contributed by atoms with van der Waals surface area (Å²) < 4.78 is 18.5. The Hall–Kier alpha value is -4.70. The summed E-state index contributed by atoms with van der Waals surface area (Å²) in [6.45, 7) is 2.24. The molecule has 0 saturated carbocycles. The van der Waals surface area contributed by atoms with Crippen LogP contribution in [0.1, 0.15) is 36.0 Å². The van der Waals surface area contributed by atoms with E-state index in [1.807, 2.05) is 11.4 Å². The van der Waals surface area contributed by atoms with Gasteiger partial charge in [-0.1, -0.05) is 18.2 Å². The van der Waals surface area contributed by atoms with Gasteiger partial charge < -0.3 is 25.2 Å². The molecule has 0 atom stereocenters. The summed E-state index contributed by atoms with van der Waals surface area (Å²) in [5, 5.41) is 7.60. The van der Waals surface area contributed by atoms with Gasteiger partial charge in [0.25, 0.3) is 17.7 Å². The highest BCUT2D eigenvalue weighted by Gasteiger charge is 2.25. The summed E-state index contributed by atoms with van der Waals surface area (Å²) in [6, 6.07) is 21.7. The van der Waals surface area contributed by atoms with Crippen LogP contribution in [0.3, 0.4) is 0 Å². The van der Waals surface area contributed by atoms with E-state index in [-0.39, 0.29) is 30.1 Å². The van der Waals surface area contributed by atoms with Crippen LogP contribution in [0.4, 0.5) is 15.8 Å². The van der Waals surface area contributed by atoms with Crippen molar-refractivity contribution < 1.29 is 23.5 Å². The normalized spacial score (nSPS) is 13.0. The van der Waals surface area contributed by atoms with E-state index in [1.54, 1.807) is 72.7 Å². The molecule has 210 valence electrons. The lowest BCUT2D eigenvalue weighted by molar-refractivity contribution is 0.0745. The van der Waals surface area contributed by atoms with Crippen molar-refractivity contribution in [3.63, 3.8) is 0 Å². The van der Waals surface area contributed by atoms with Gasteiger partial charge in [0.2, 0.25) is 0 Å². The number of hydrogen-bond donors (Lipinski definition) is 2. The number of carbonyl (C=O) groups excluding carboxylic acids is 3. The first-order valence-electron chi connectivity index (χ1n) is 13.1. The maximum absolute atomic E-state index is 13.4. The van der Waals surface area contributed by atoms with Crippen molar-refractivity contribution in [2.45, 2.75) is 6.54 Å². The second-order valence-corrected chi connectivity index (χ2v) is 10.4. The Morgan fingerprint density at radius 3 is 2.29 bits per heavy atom. The van der Waals surface area contributed by atoms with E-state index in [9.17, 15) is 18.8 Å². The molecule has 0 bridgehead atoms. The molecular formula is C31H29FN4O4S. The molecule has 1 fully saturated rings. The molecule has 41 heavy (non-hydrogen) atoms. The molecule has 0 radical (unpaired) electrons. The number of hydrogen-bond acceptors (Lipinski definition) is 6. The van der Waals surface area contributed by atoms with Gasteiger partial charge in [0.15, 0.2) is 0 Å². The average molecular weight is 573 g/mol. The van der Waals surface area contributed by atoms with E-state index in [0.29, 0.717) is 59.3 Å². The van der Waals surface area contributed by atoms with Crippen molar-refractivity contribution in [2.75, 3.05) is 43.5 Å². The SMILES string of the molecule is COc1ccc(C(=O)N2CCN(c3ccc(NC(=O)c4cccs4)cc3C(=O)NCc3ccc(F)cc3)CC2)cc1. The Bertz CT molecular complexity index is 1520. The number of anilines is 2. The monoisotopic (exact) mass is 572 g/mol. The number of nitrogens with one attached hydrogen (secondary N) is 2. The number of rotatable bonds is 8. The molecule has 2 N–H and O–H groups in total. The van der Waals surface area contributed by atoms with Crippen LogP contribution in [0, 0.1) is 5.82 Å². The van der Waals surface area contributed by atoms with Crippen molar-refractivity contribution in [3.8, 4) is 5.75 Å². The van der Waals surface area contributed by atoms with Gasteiger partial charge in [0.05, 0.1) is 17.6 Å². The molecule has 8 nitrogen and oxygen atoms in total. The van der Waals surface area contributed by atoms with E-state index in [4.69, 9.17) is 4.74 Å². The van der Waals surface area contributed by atoms with Gasteiger partial charge in [0, 0.05) is 49.7 Å². The second-order valence-electron chi connectivity index (χ2n) is 9.48. The van der Waals surface area contributed by atoms with E-state index in [1.165, 1.54) is 23.5 Å². The summed E-state index contributed by atoms with van der Waals surface area (Å²) >= 11 is 1.33. The van der Waals surface area contributed by atoms with Crippen molar-refractivity contribution >= 4 is 40.4 Å². The maximum atomic E-state index is 13.4. The van der Waals surface area contributed by atoms with E-state index in [0.717, 1.165) is 5.56 Å². The molecule has 0 aliphatic carbocycles. The first-order valence-corrected chi connectivity index (χ1v) is 14.0. The number of amides is 3. The quantitative estimate of drug-likeness (QED) is 0.309. The molecule has 10 heteroatoms. The molecule has 3 aromatic carbocycles. The third-order valence-corrected chi connectivity index (χ3v) is 7.72. The van der Waals surface area contributed by atoms with Gasteiger partial charge in [0.1, 0.15) is 11.6 Å². The summed E-state index contributed by atoms with van der Waals surface area (Å²) in [5.74, 6) is -0.298. The van der Waals surface area contributed by atoms with E-state index >= 15 is 0 Å². The van der Waals surface area contributed by atoms with Gasteiger partial charge in [-0.15, -0.1) is 11.3 Å². The van der Waals surface area contributed by atoms with Crippen LogP contribution in [0.2, 0.25) is 0 Å². The minimum Gasteiger partial charge on any atom is -0.497 e. The third-order valence-electron chi connectivity index (χ3n) is 6.85. The van der Waals surface area contributed by atoms with Gasteiger partial charge in [-0.3, -0.25) is 14.4 Å². The maximum Gasteiger partial charge on any atom is 0.265 e. The molecule has 1 aromatic heterocycles. The fourth-order valence-electron chi connectivity index (χ4n) is 4.62. The van der Waals surface area contributed by atoms with Gasteiger partial charge >= 0.3 is 0 Å². The fraction of sp³-hybridized carbons (Fsp3) is 0.194. The predicted molar refractivity (Wildman–Crippen MR) is 157 cm³/mol. The predicted octanol–water partition coefficient (Wildman–Crippen LogP) is 5.04. The zero-order chi connectivity index (χ0) is 28.8. The van der Waals surface area contributed by atoms with Crippen molar-refractivity contribution in [1.29, 1.82) is 0 Å². The number of ether oxygens (including phenoxy) is 1. The topological polar surface area (TPSA) is 91.0 Å². The van der Waals surface area contributed by atoms with Crippen LogP contribution in [0.5, 0.6) is 5.75 Å². The lowest BCUT2D eigenvalue weighted by atomic mass is 10.1. The summed E-state index contributed by atoms with van der Waals surface area (Å²) in [7, 11) is 1.58. The zero-order valence-corrected chi connectivity index (χ0v) is 23.2. The van der Waals surface area contributed by atoms with Gasteiger partial charge in [-0.05, 0) is 71.6 Å². The highest BCUT2D eigenvalue weighted by Crippen LogP contribution is 2.27. The van der Waals surface area contributed by atoms with Crippen LogP contribution >= 0.6 is 11.3 Å². The summed E-state index contributed by atoms with van der Waals surface area (Å²) in [4.78, 5) is 43.5. The summed E-state index contributed by atoms with van der Waals surface area (Å²) in [6.07, 6.45) is 0. The number of thiophene rings is 1. The zero-order valence-electron chi connectivity index (χ0n) is 22.4. The summed E-state index contributed by atoms with van der Waals surface area (Å²) in [5.41, 5.74) is 2.94. The molecule has 1 aliphatic heterocycles. The molecule has 0 spiro atoms. The van der Waals surface area contributed by atoms with Crippen molar-refractivity contribution in [3.05, 3.63) is 112 Å². The Labute approximate surface area is 241 Å². The Kier molecular flexibility index (Phi) is 8.59. The Morgan fingerprint density at radius 2 is 1.63 bits per heavy atom. The van der Waals surface area contributed by atoms with Crippen molar-refractivity contribution in [2.24, 2.45) is 0 Å². The largest absolute Gasteiger partial charge is 0.497 e. The smallest absolute Gasteiger partial charge is 0.265 e. The number of methoxy groups -OCH3 is 1. The van der Waals surface area contributed by atoms with Crippen LogP contribution in [-0.4, -0.2) is 55.9 Å². The number of benzene rings is 3. The van der Waals surface area contributed by atoms with Crippen LogP contribution in [0.15, 0.2) is 84.2 Å². The van der Waals surface area contributed by atoms with E-state index < -0.39 is 0 Å². The number of piperazine rings is 1. The number of halogens is 1. The second kappa shape index (κ2) is 12.6. The molecular weight excluding hydrogens is 543 g/mol. The Morgan fingerprint density at radius 1 is 0.902 bits per heavy atom. The van der Waals surface area contributed by atoms with E-state index in [2.05, 4.69) is 15.5 Å².